The Kier molecular flexibility index (Phi) is 7.68. The SMILES string of the molecule is CCOC(=O)c1c(NC(=O)COc2ccccc2C)sc(C(=O)NC2CCCC2)c1C. The molecule has 1 saturated carbocycles. The highest BCUT2D eigenvalue weighted by molar-refractivity contribution is 7.18. The lowest BCUT2D eigenvalue weighted by molar-refractivity contribution is -0.118. The Morgan fingerprint density at radius 1 is 1.13 bits per heavy atom. The van der Waals surface area contributed by atoms with Crippen LogP contribution in [0, 0.1) is 13.8 Å². The second-order valence-electron chi connectivity index (χ2n) is 7.54. The van der Waals surface area contributed by atoms with Crippen LogP contribution < -0.4 is 15.4 Å². The molecule has 2 amide bonds. The zero-order valence-corrected chi connectivity index (χ0v) is 18.9. The molecule has 0 radical (unpaired) electrons. The van der Waals surface area contributed by atoms with Crippen LogP contribution in [0.2, 0.25) is 0 Å². The Hall–Kier alpha value is -2.87. The molecule has 1 fully saturated rings. The lowest BCUT2D eigenvalue weighted by atomic mass is 10.1. The molecule has 1 aromatic heterocycles. The standard InChI is InChI=1S/C23H28N2O5S/c1-4-29-23(28)19-15(3)20(21(27)24-16-10-6-7-11-16)31-22(19)25-18(26)13-30-17-12-8-5-9-14(17)2/h5,8-9,12,16H,4,6-7,10-11,13H2,1-3H3,(H,24,27)(H,25,26). The summed E-state index contributed by atoms with van der Waals surface area (Å²) in [5, 5.41) is 6.06. The Bertz CT molecular complexity index is 963. The van der Waals surface area contributed by atoms with Crippen LogP contribution in [-0.2, 0) is 9.53 Å². The van der Waals surface area contributed by atoms with Crippen molar-refractivity contribution in [1.29, 1.82) is 0 Å². The highest BCUT2D eigenvalue weighted by atomic mass is 32.1. The molecule has 2 N–H and O–H groups in total. The van der Waals surface area contributed by atoms with E-state index in [1.54, 1.807) is 19.9 Å². The van der Waals surface area contributed by atoms with E-state index in [1.165, 1.54) is 0 Å². The van der Waals surface area contributed by atoms with Crippen LogP contribution in [0.5, 0.6) is 5.75 Å². The monoisotopic (exact) mass is 444 g/mol. The molecule has 0 aliphatic heterocycles. The van der Waals surface area contributed by atoms with Crippen LogP contribution in [0.3, 0.4) is 0 Å². The van der Waals surface area contributed by atoms with E-state index in [1.807, 2.05) is 25.1 Å². The Morgan fingerprint density at radius 3 is 2.52 bits per heavy atom. The molecule has 166 valence electrons. The average molecular weight is 445 g/mol. The summed E-state index contributed by atoms with van der Waals surface area (Å²) in [6.07, 6.45) is 4.12. The molecule has 0 spiro atoms. The van der Waals surface area contributed by atoms with E-state index in [9.17, 15) is 14.4 Å². The third kappa shape index (κ3) is 5.64. The molecule has 1 aliphatic rings. The van der Waals surface area contributed by atoms with Crippen LogP contribution in [0.1, 0.15) is 63.8 Å². The zero-order chi connectivity index (χ0) is 22.4. The summed E-state index contributed by atoms with van der Waals surface area (Å²) >= 11 is 1.08. The summed E-state index contributed by atoms with van der Waals surface area (Å²) in [6.45, 7) is 5.28. The van der Waals surface area contributed by atoms with Gasteiger partial charge in [-0.2, -0.15) is 0 Å². The fraction of sp³-hybridized carbons (Fsp3) is 0.435. The van der Waals surface area contributed by atoms with Gasteiger partial charge in [0.2, 0.25) is 0 Å². The summed E-state index contributed by atoms with van der Waals surface area (Å²) in [7, 11) is 0. The number of thiophene rings is 1. The number of amides is 2. The van der Waals surface area contributed by atoms with Gasteiger partial charge in [-0.1, -0.05) is 31.0 Å². The summed E-state index contributed by atoms with van der Waals surface area (Å²) in [6, 6.07) is 7.55. The lowest BCUT2D eigenvalue weighted by Crippen LogP contribution is -2.32. The first-order valence-electron chi connectivity index (χ1n) is 10.5. The molecule has 1 heterocycles. The molecule has 1 aliphatic carbocycles. The van der Waals surface area contributed by atoms with Gasteiger partial charge in [-0.25, -0.2) is 4.79 Å². The highest BCUT2D eigenvalue weighted by Gasteiger charge is 2.28. The van der Waals surface area contributed by atoms with Gasteiger partial charge in [-0.15, -0.1) is 11.3 Å². The van der Waals surface area contributed by atoms with E-state index >= 15 is 0 Å². The third-order valence-electron chi connectivity index (χ3n) is 5.23. The van der Waals surface area contributed by atoms with Crippen LogP contribution in [0.25, 0.3) is 0 Å². The molecule has 0 bridgehead atoms. The zero-order valence-electron chi connectivity index (χ0n) is 18.1. The third-order valence-corrected chi connectivity index (χ3v) is 6.43. The topological polar surface area (TPSA) is 93.7 Å². The minimum Gasteiger partial charge on any atom is -0.483 e. The highest BCUT2D eigenvalue weighted by Crippen LogP contribution is 2.34. The number of benzene rings is 1. The molecule has 3 rings (SSSR count). The molecule has 0 saturated heterocycles. The quantitative estimate of drug-likeness (QED) is 0.594. The number of hydrogen-bond acceptors (Lipinski definition) is 6. The maximum Gasteiger partial charge on any atom is 0.341 e. The van der Waals surface area contributed by atoms with Gasteiger partial charge >= 0.3 is 5.97 Å². The van der Waals surface area contributed by atoms with Crippen molar-refractivity contribution in [2.45, 2.75) is 52.5 Å². The maximum absolute atomic E-state index is 12.8. The fourth-order valence-corrected chi connectivity index (χ4v) is 4.73. The Morgan fingerprint density at radius 2 is 1.84 bits per heavy atom. The number of carbonyl (C=O) groups is 3. The number of nitrogens with one attached hydrogen (secondary N) is 2. The van der Waals surface area contributed by atoms with Crippen molar-refractivity contribution in [2.24, 2.45) is 0 Å². The Balaban J connectivity index is 1.76. The molecule has 2 aromatic rings. The number of ether oxygens (including phenoxy) is 2. The first-order chi connectivity index (χ1) is 14.9. The number of hydrogen-bond donors (Lipinski definition) is 2. The number of esters is 1. The molecule has 7 nitrogen and oxygen atoms in total. The van der Waals surface area contributed by atoms with E-state index in [4.69, 9.17) is 9.47 Å². The van der Waals surface area contributed by atoms with Gasteiger partial charge in [0.25, 0.3) is 11.8 Å². The van der Waals surface area contributed by atoms with Crippen molar-refractivity contribution in [1.82, 2.24) is 5.32 Å². The van der Waals surface area contributed by atoms with Crippen LogP contribution in [0.15, 0.2) is 24.3 Å². The van der Waals surface area contributed by atoms with Crippen molar-refractivity contribution in [2.75, 3.05) is 18.5 Å². The van der Waals surface area contributed by atoms with Gasteiger partial charge in [-0.3, -0.25) is 9.59 Å². The molecular weight excluding hydrogens is 416 g/mol. The van der Waals surface area contributed by atoms with Gasteiger partial charge < -0.3 is 20.1 Å². The first-order valence-corrected chi connectivity index (χ1v) is 11.3. The molecule has 8 heteroatoms. The number of anilines is 1. The van der Waals surface area contributed by atoms with Crippen molar-refractivity contribution in [3.8, 4) is 5.75 Å². The van der Waals surface area contributed by atoms with Crippen molar-refractivity contribution < 1.29 is 23.9 Å². The smallest absolute Gasteiger partial charge is 0.341 e. The molecule has 31 heavy (non-hydrogen) atoms. The summed E-state index contributed by atoms with van der Waals surface area (Å²) in [5.41, 5.74) is 1.64. The number of rotatable bonds is 8. The fourth-order valence-electron chi connectivity index (χ4n) is 3.61. The molecule has 1 aromatic carbocycles. The minimum atomic E-state index is -0.564. The van der Waals surface area contributed by atoms with Crippen molar-refractivity contribution >= 4 is 34.1 Å². The van der Waals surface area contributed by atoms with Crippen molar-refractivity contribution in [3.05, 3.63) is 45.8 Å². The van der Waals surface area contributed by atoms with Crippen molar-refractivity contribution in [3.63, 3.8) is 0 Å². The van der Waals surface area contributed by atoms with E-state index in [-0.39, 0.29) is 30.7 Å². The number of carbonyl (C=O) groups excluding carboxylic acids is 3. The van der Waals surface area contributed by atoms with Gasteiger partial charge in [0.1, 0.15) is 10.8 Å². The lowest BCUT2D eigenvalue weighted by Gasteiger charge is -2.11. The van der Waals surface area contributed by atoms with Gasteiger partial charge in [0.05, 0.1) is 17.0 Å². The van der Waals surface area contributed by atoms with E-state index in [2.05, 4.69) is 10.6 Å². The number of aryl methyl sites for hydroxylation is 1. The second kappa shape index (κ2) is 10.4. The summed E-state index contributed by atoms with van der Waals surface area (Å²) < 4.78 is 10.7. The first kappa shape index (κ1) is 22.8. The molecule has 0 atom stereocenters. The second-order valence-corrected chi connectivity index (χ2v) is 8.56. The van der Waals surface area contributed by atoms with Gasteiger partial charge in [0.15, 0.2) is 6.61 Å². The largest absolute Gasteiger partial charge is 0.483 e. The summed E-state index contributed by atoms with van der Waals surface area (Å²) in [4.78, 5) is 38.3. The predicted octanol–water partition coefficient (Wildman–Crippen LogP) is 4.23. The molecular formula is C23H28N2O5S. The van der Waals surface area contributed by atoms with E-state index < -0.39 is 11.9 Å². The minimum absolute atomic E-state index is 0.153. The maximum atomic E-state index is 12.8. The van der Waals surface area contributed by atoms with Gasteiger partial charge in [0, 0.05) is 6.04 Å². The predicted molar refractivity (Wildman–Crippen MR) is 120 cm³/mol. The van der Waals surface area contributed by atoms with Crippen LogP contribution in [-0.4, -0.2) is 37.0 Å². The van der Waals surface area contributed by atoms with Crippen LogP contribution >= 0.6 is 11.3 Å². The van der Waals surface area contributed by atoms with Gasteiger partial charge in [-0.05, 0) is 50.8 Å². The average Bonchev–Trinajstić information content (AvgIpc) is 3.35. The normalized spacial score (nSPS) is 13.6. The van der Waals surface area contributed by atoms with Crippen LogP contribution in [0.4, 0.5) is 5.00 Å². The number of para-hydroxylation sites is 1. The van der Waals surface area contributed by atoms with E-state index in [0.717, 1.165) is 42.6 Å². The Labute approximate surface area is 186 Å². The molecule has 0 unspecified atom stereocenters. The van der Waals surface area contributed by atoms with E-state index in [0.29, 0.717) is 21.2 Å². The summed E-state index contributed by atoms with van der Waals surface area (Å²) in [5.74, 6) is -0.594.